The van der Waals surface area contributed by atoms with Crippen LogP contribution in [0.2, 0.25) is 0 Å². The van der Waals surface area contributed by atoms with Crippen molar-refractivity contribution in [2.24, 2.45) is 12.5 Å². The van der Waals surface area contributed by atoms with Crippen LogP contribution in [0.4, 0.5) is 9.52 Å². The molecular weight excluding hydrogens is 395 g/mol. The number of nitrogens with one attached hydrogen (secondary N) is 1. The summed E-state index contributed by atoms with van der Waals surface area (Å²) >= 11 is 3.18. The van der Waals surface area contributed by atoms with E-state index in [1.807, 2.05) is 12.3 Å². The van der Waals surface area contributed by atoms with Gasteiger partial charge in [0.05, 0.1) is 0 Å². The monoisotopic (exact) mass is 414 g/mol. The molecule has 5 heterocycles. The molecule has 9 heteroatoms. The number of anilines is 1. The smallest absolute Gasteiger partial charge is 0.188 e. The quantitative estimate of drug-likeness (QED) is 0.543. The van der Waals surface area contributed by atoms with E-state index in [2.05, 4.69) is 15.3 Å². The van der Waals surface area contributed by atoms with Gasteiger partial charge in [0.2, 0.25) is 0 Å². The van der Waals surface area contributed by atoms with Gasteiger partial charge >= 0.3 is 0 Å². The number of rotatable bonds is 2. The average Bonchev–Trinajstić information content (AvgIpc) is 3.32. The summed E-state index contributed by atoms with van der Waals surface area (Å²) in [5.74, 6) is -0.312. The lowest BCUT2D eigenvalue weighted by Gasteiger charge is -2.52. The first-order chi connectivity index (χ1) is 13.6. The van der Waals surface area contributed by atoms with Crippen molar-refractivity contribution in [2.45, 2.75) is 12.8 Å². The number of benzene rings is 1. The maximum Gasteiger partial charge on any atom is 0.188 e. The Balaban J connectivity index is 1.28. The molecule has 1 N–H and O–H groups in total. The Morgan fingerprint density at radius 1 is 1.11 bits per heavy atom. The van der Waals surface area contributed by atoms with Gasteiger partial charge in [0, 0.05) is 42.7 Å². The second-order valence-electron chi connectivity index (χ2n) is 7.93. The third kappa shape index (κ3) is 2.57. The van der Waals surface area contributed by atoms with Crippen molar-refractivity contribution in [1.29, 1.82) is 0 Å². The van der Waals surface area contributed by atoms with Crippen LogP contribution in [0.25, 0.3) is 31.1 Å². The van der Waals surface area contributed by atoms with Crippen molar-refractivity contribution in [3.05, 3.63) is 24.1 Å². The van der Waals surface area contributed by atoms with Gasteiger partial charge in [-0.05, 0) is 38.1 Å². The highest BCUT2D eigenvalue weighted by Crippen LogP contribution is 2.44. The Hall–Kier alpha value is -2.10. The van der Waals surface area contributed by atoms with E-state index >= 15 is 0 Å². The molecule has 6 nitrogen and oxygen atoms in total. The van der Waals surface area contributed by atoms with E-state index in [9.17, 15) is 4.39 Å². The summed E-state index contributed by atoms with van der Waals surface area (Å²) in [5, 5.41) is 10.3. The Morgan fingerprint density at radius 3 is 2.68 bits per heavy atom. The molecule has 6 rings (SSSR count). The first kappa shape index (κ1) is 16.8. The Bertz CT molecular complexity index is 1160. The van der Waals surface area contributed by atoms with Gasteiger partial charge in [0.1, 0.15) is 10.5 Å². The van der Waals surface area contributed by atoms with Gasteiger partial charge < -0.3 is 10.2 Å². The lowest BCUT2D eigenvalue weighted by atomic mass is 9.73. The minimum atomic E-state index is -0.312. The van der Waals surface area contributed by atoms with Crippen LogP contribution in [-0.4, -0.2) is 45.9 Å². The summed E-state index contributed by atoms with van der Waals surface area (Å²) < 4.78 is 16.0. The zero-order valence-electron chi connectivity index (χ0n) is 15.4. The molecule has 2 aliphatic heterocycles. The van der Waals surface area contributed by atoms with Crippen LogP contribution in [0.1, 0.15) is 12.8 Å². The number of halogens is 1. The molecular formula is C19H19FN6S2. The van der Waals surface area contributed by atoms with Gasteiger partial charge in [0.15, 0.2) is 20.6 Å². The summed E-state index contributed by atoms with van der Waals surface area (Å²) in [6, 6.07) is 3.47. The number of piperidine rings is 1. The first-order valence-electron chi connectivity index (χ1n) is 9.45. The number of hydrogen-bond acceptors (Lipinski definition) is 7. The molecule has 144 valence electrons. The van der Waals surface area contributed by atoms with E-state index in [1.165, 1.54) is 30.2 Å². The Labute approximate surface area is 169 Å². The lowest BCUT2D eigenvalue weighted by molar-refractivity contribution is 0.150. The number of hydrogen-bond donors (Lipinski definition) is 1. The summed E-state index contributed by atoms with van der Waals surface area (Å²) in [4.78, 5) is 13.8. The Kier molecular flexibility index (Phi) is 3.57. The molecule has 2 fully saturated rings. The lowest BCUT2D eigenvalue weighted by Crippen LogP contribution is -2.60. The van der Waals surface area contributed by atoms with Gasteiger partial charge in [0.25, 0.3) is 0 Å². The van der Waals surface area contributed by atoms with Crippen LogP contribution >= 0.6 is 22.7 Å². The molecule has 2 saturated heterocycles. The van der Waals surface area contributed by atoms with E-state index in [-0.39, 0.29) is 5.82 Å². The number of aryl methyl sites for hydroxylation is 1. The third-order valence-corrected chi connectivity index (χ3v) is 8.01. The highest BCUT2D eigenvalue weighted by atomic mass is 32.1. The second kappa shape index (κ2) is 5.95. The fourth-order valence-electron chi connectivity index (χ4n) is 4.40. The van der Waals surface area contributed by atoms with Crippen molar-refractivity contribution in [3.63, 3.8) is 0 Å². The van der Waals surface area contributed by atoms with Crippen LogP contribution in [0.3, 0.4) is 0 Å². The van der Waals surface area contributed by atoms with Crippen molar-refractivity contribution in [3.8, 4) is 10.6 Å². The minimum Gasteiger partial charge on any atom is -0.347 e. The molecule has 0 saturated carbocycles. The van der Waals surface area contributed by atoms with Gasteiger partial charge in [-0.25, -0.2) is 14.4 Å². The number of nitrogens with zero attached hydrogens (tertiary/aromatic N) is 5. The van der Waals surface area contributed by atoms with E-state index in [0.717, 1.165) is 56.9 Å². The zero-order valence-corrected chi connectivity index (χ0v) is 17.0. The van der Waals surface area contributed by atoms with Gasteiger partial charge in [-0.2, -0.15) is 5.10 Å². The molecule has 28 heavy (non-hydrogen) atoms. The van der Waals surface area contributed by atoms with Crippen LogP contribution in [0.15, 0.2) is 18.3 Å². The van der Waals surface area contributed by atoms with Crippen molar-refractivity contribution in [1.82, 2.24) is 25.1 Å². The highest BCUT2D eigenvalue weighted by molar-refractivity contribution is 7.29. The normalized spacial score (nSPS) is 19.0. The largest absolute Gasteiger partial charge is 0.347 e. The topological polar surface area (TPSA) is 58.9 Å². The fourth-order valence-corrected chi connectivity index (χ4v) is 6.42. The summed E-state index contributed by atoms with van der Waals surface area (Å²) in [7, 11) is 1.80. The molecule has 0 aliphatic carbocycles. The molecule has 0 amide bonds. The molecule has 1 spiro atoms. The number of fused-ring (bicyclic) bond motifs is 2. The molecule has 0 unspecified atom stereocenters. The van der Waals surface area contributed by atoms with E-state index in [1.54, 1.807) is 23.1 Å². The summed E-state index contributed by atoms with van der Waals surface area (Å²) in [6.45, 7) is 4.46. The second-order valence-corrected chi connectivity index (χ2v) is 9.86. The van der Waals surface area contributed by atoms with Gasteiger partial charge in [-0.15, -0.1) is 0 Å². The van der Waals surface area contributed by atoms with Crippen LogP contribution in [-0.2, 0) is 7.05 Å². The Morgan fingerprint density at radius 2 is 1.89 bits per heavy atom. The molecule has 0 atom stereocenters. The van der Waals surface area contributed by atoms with Crippen LogP contribution in [0, 0.1) is 11.2 Å². The first-order valence-corrected chi connectivity index (χ1v) is 11.1. The summed E-state index contributed by atoms with van der Waals surface area (Å²) in [5.41, 5.74) is 1.67. The minimum absolute atomic E-state index is 0.312. The fraction of sp³-hybridized carbons (Fsp3) is 0.421. The SMILES string of the molecule is Cn1cc2cc(-c3nc4sc(N5CC6(CCNCC6)C5)nc4s3)cc(F)c2n1. The molecule has 0 bridgehead atoms. The van der Waals surface area contributed by atoms with Gasteiger partial charge in [-0.3, -0.25) is 4.68 Å². The van der Waals surface area contributed by atoms with Crippen molar-refractivity contribution >= 4 is 48.4 Å². The highest BCUT2D eigenvalue weighted by Gasteiger charge is 2.44. The van der Waals surface area contributed by atoms with E-state index in [4.69, 9.17) is 9.97 Å². The molecule has 3 aromatic heterocycles. The predicted molar refractivity (Wildman–Crippen MR) is 112 cm³/mol. The standard InChI is InChI=1S/C19H19FN6S2/c1-25-8-12-6-11(7-13(20)14(12)24-25)15-22-16-17(27-15)23-18(28-16)26-9-19(10-26)2-4-21-5-3-19/h6-8,21H,2-5,9-10H2,1H3. The van der Waals surface area contributed by atoms with Crippen LogP contribution in [0.5, 0.6) is 0 Å². The maximum absolute atomic E-state index is 14.4. The zero-order chi connectivity index (χ0) is 18.9. The molecule has 0 radical (unpaired) electrons. The van der Waals surface area contributed by atoms with E-state index < -0.39 is 0 Å². The van der Waals surface area contributed by atoms with Crippen molar-refractivity contribution in [2.75, 3.05) is 31.1 Å². The van der Waals surface area contributed by atoms with Crippen molar-refractivity contribution < 1.29 is 4.39 Å². The van der Waals surface area contributed by atoms with Crippen LogP contribution < -0.4 is 10.2 Å². The molecule has 4 aromatic rings. The van der Waals surface area contributed by atoms with Gasteiger partial charge in [-0.1, -0.05) is 22.7 Å². The average molecular weight is 415 g/mol. The molecule has 2 aliphatic rings. The number of thiazole rings is 2. The summed E-state index contributed by atoms with van der Waals surface area (Å²) in [6.07, 6.45) is 4.34. The maximum atomic E-state index is 14.4. The predicted octanol–water partition coefficient (Wildman–Crippen LogP) is 3.64. The number of aromatic nitrogens is 4. The molecule has 1 aromatic carbocycles. The van der Waals surface area contributed by atoms with E-state index in [0.29, 0.717) is 10.9 Å². The third-order valence-electron chi connectivity index (χ3n) is 5.88.